The molecule has 0 saturated heterocycles. The van der Waals surface area contributed by atoms with Crippen LogP contribution in [0.5, 0.6) is 0 Å². The molecule has 1 aliphatic rings. The highest BCUT2D eigenvalue weighted by Gasteiger charge is 2.16. The summed E-state index contributed by atoms with van der Waals surface area (Å²) in [5, 5.41) is 0. The van der Waals surface area contributed by atoms with Crippen molar-refractivity contribution < 1.29 is 0 Å². The summed E-state index contributed by atoms with van der Waals surface area (Å²) in [6.45, 7) is 4.88. The summed E-state index contributed by atoms with van der Waals surface area (Å²) < 4.78 is 0. The predicted molar refractivity (Wildman–Crippen MR) is 69.1 cm³/mol. The van der Waals surface area contributed by atoms with Gasteiger partial charge in [-0.15, -0.1) is 0 Å². The Bertz CT molecular complexity index is 176. The third kappa shape index (κ3) is 6.76. The molecule has 0 amide bonds. The summed E-state index contributed by atoms with van der Waals surface area (Å²) in [5.74, 6) is 0. The Labute approximate surface area is 96.2 Å². The van der Waals surface area contributed by atoms with Crippen molar-refractivity contribution in [3.05, 3.63) is 12.2 Å². The van der Waals surface area contributed by atoms with Crippen LogP contribution in [0.2, 0.25) is 0 Å². The summed E-state index contributed by atoms with van der Waals surface area (Å²) in [5.41, 5.74) is 0.585. The second kappa shape index (κ2) is 7.09. The van der Waals surface area contributed by atoms with E-state index in [-0.39, 0.29) is 0 Å². The number of rotatable bonds is 0. The summed E-state index contributed by atoms with van der Waals surface area (Å²) in [7, 11) is 0. The lowest BCUT2D eigenvalue weighted by atomic mass is 9.82. The average Bonchev–Trinajstić information content (AvgIpc) is 2.20. The molecule has 0 aromatic heterocycles. The average molecular weight is 208 g/mol. The lowest BCUT2D eigenvalue weighted by Gasteiger charge is -2.24. The van der Waals surface area contributed by atoms with E-state index in [1.165, 1.54) is 64.2 Å². The molecule has 0 nitrogen and oxygen atoms in total. The lowest BCUT2D eigenvalue weighted by molar-refractivity contribution is 0.287. The van der Waals surface area contributed by atoms with Crippen LogP contribution in [0, 0.1) is 5.41 Å². The van der Waals surface area contributed by atoms with E-state index < -0.39 is 0 Å². The standard InChI is InChI=1S/C15H28/c1-15(2)13-11-9-7-5-3-4-6-8-10-12-14-15/h5,7H,3-4,6,8-14H2,1-2H3. The van der Waals surface area contributed by atoms with E-state index >= 15 is 0 Å². The van der Waals surface area contributed by atoms with E-state index in [9.17, 15) is 0 Å². The van der Waals surface area contributed by atoms with Crippen LogP contribution in [0.4, 0.5) is 0 Å². The molecule has 0 bridgehead atoms. The minimum absolute atomic E-state index is 0.585. The van der Waals surface area contributed by atoms with Gasteiger partial charge in [-0.3, -0.25) is 0 Å². The minimum Gasteiger partial charge on any atom is -0.0885 e. The third-order valence-corrected chi connectivity index (χ3v) is 3.62. The van der Waals surface area contributed by atoms with Crippen molar-refractivity contribution in [1.82, 2.24) is 0 Å². The molecule has 0 atom stereocenters. The van der Waals surface area contributed by atoms with Gasteiger partial charge in [-0.25, -0.2) is 0 Å². The Morgan fingerprint density at radius 2 is 1.20 bits per heavy atom. The first kappa shape index (κ1) is 12.8. The Morgan fingerprint density at radius 1 is 0.667 bits per heavy atom. The molecule has 0 heteroatoms. The topological polar surface area (TPSA) is 0 Å². The first-order valence-electron chi connectivity index (χ1n) is 6.86. The summed E-state index contributed by atoms with van der Waals surface area (Å²) in [4.78, 5) is 0. The molecule has 1 aliphatic carbocycles. The van der Waals surface area contributed by atoms with Gasteiger partial charge >= 0.3 is 0 Å². The van der Waals surface area contributed by atoms with E-state index in [0.717, 1.165) is 0 Å². The third-order valence-electron chi connectivity index (χ3n) is 3.62. The van der Waals surface area contributed by atoms with Crippen molar-refractivity contribution in [3.63, 3.8) is 0 Å². The first-order chi connectivity index (χ1) is 7.21. The van der Waals surface area contributed by atoms with Crippen molar-refractivity contribution in [1.29, 1.82) is 0 Å². The largest absolute Gasteiger partial charge is 0.0885 e. The molecular formula is C15H28. The smallest absolute Gasteiger partial charge is 0.0351 e. The van der Waals surface area contributed by atoms with Crippen LogP contribution in [-0.2, 0) is 0 Å². The highest BCUT2D eigenvalue weighted by atomic mass is 14.2. The zero-order valence-electron chi connectivity index (χ0n) is 10.7. The maximum absolute atomic E-state index is 2.44. The minimum atomic E-state index is 0.585. The fourth-order valence-electron chi connectivity index (χ4n) is 2.46. The van der Waals surface area contributed by atoms with Crippen LogP contribution in [0.1, 0.15) is 78.1 Å². The molecule has 0 N–H and O–H groups in total. The van der Waals surface area contributed by atoms with E-state index in [1.807, 2.05) is 0 Å². The van der Waals surface area contributed by atoms with Gasteiger partial charge in [-0.1, -0.05) is 51.7 Å². The van der Waals surface area contributed by atoms with Crippen LogP contribution in [-0.4, -0.2) is 0 Å². The quantitative estimate of drug-likeness (QED) is 0.462. The molecule has 0 aliphatic heterocycles. The highest BCUT2D eigenvalue weighted by Crippen LogP contribution is 2.30. The first-order valence-corrected chi connectivity index (χ1v) is 6.86. The van der Waals surface area contributed by atoms with Gasteiger partial charge in [0.15, 0.2) is 0 Å². The fourth-order valence-corrected chi connectivity index (χ4v) is 2.46. The molecule has 0 radical (unpaired) electrons. The van der Waals surface area contributed by atoms with Crippen molar-refractivity contribution >= 4 is 0 Å². The Balaban J connectivity index is 2.32. The van der Waals surface area contributed by atoms with Crippen molar-refractivity contribution in [2.45, 2.75) is 78.1 Å². The van der Waals surface area contributed by atoms with Gasteiger partial charge < -0.3 is 0 Å². The van der Waals surface area contributed by atoms with Gasteiger partial charge in [0.1, 0.15) is 0 Å². The van der Waals surface area contributed by atoms with E-state index in [2.05, 4.69) is 26.0 Å². The second-order valence-corrected chi connectivity index (χ2v) is 5.83. The van der Waals surface area contributed by atoms with Crippen molar-refractivity contribution in [2.24, 2.45) is 5.41 Å². The fraction of sp³-hybridized carbons (Fsp3) is 0.867. The van der Waals surface area contributed by atoms with Gasteiger partial charge in [0.05, 0.1) is 0 Å². The van der Waals surface area contributed by atoms with Crippen LogP contribution in [0.15, 0.2) is 12.2 Å². The molecule has 0 aromatic carbocycles. The van der Waals surface area contributed by atoms with Crippen molar-refractivity contribution in [3.8, 4) is 0 Å². The Hall–Kier alpha value is -0.260. The molecular weight excluding hydrogens is 180 g/mol. The van der Waals surface area contributed by atoms with Gasteiger partial charge in [0, 0.05) is 0 Å². The van der Waals surface area contributed by atoms with Crippen LogP contribution < -0.4 is 0 Å². The second-order valence-electron chi connectivity index (χ2n) is 5.83. The molecule has 15 heavy (non-hydrogen) atoms. The predicted octanol–water partition coefficient (Wildman–Crippen LogP) is 5.48. The molecule has 0 aromatic rings. The van der Waals surface area contributed by atoms with E-state index in [0.29, 0.717) is 5.41 Å². The van der Waals surface area contributed by atoms with Crippen LogP contribution in [0.25, 0.3) is 0 Å². The summed E-state index contributed by atoms with van der Waals surface area (Å²) in [6.07, 6.45) is 18.8. The summed E-state index contributed by atoms with van der Waals surface area (Å²) >= 11 is 0. The highest BCUT2D eigenvalue weighted by molar-refractivity contribution is 4.82. The Kier molecular flexibility index (Phi) is 6.05. The van der Waals surface area contributed by atoms with Crippen molar-refractivity contribution in [2.75, 3.05) is 0 Å². The maximum atomic E-state index is 2.44. The van der Waals surface area contributed by atoms with Gasteiger partial charge in [0.2, 0.25) is 0 Å². The van der Waals surface area contributed by atoms with Gasteiger partial charge in [-0.2, -0.15) is 0 Å². The molecule has 0 spiro atoms. The molecule has 0 fully saturated rings. The van der Waals surface area contributed by atoms with Crippen LogP contribution in [0.3, 0.4) is 0 Å². The SMILES string of the molecule is CC1(C)CCCC=CCCCCCCC1. The van der Waals surface area contributed by atoms with E-state index in [4.69, 9.17) is 0 Å². The maximum Gasteiger partial charge on any atom is -0.0351 e. The normalized spacial score (nSPS) is 24.9. The van der Waals surface area contributed by atoms with Gasteiger partial charge in [-0.05, 0) is 43.9 Å². The number of hydrogen-bond acceptors (Lipinski definition) is 0. The zero-order chi connectivity index (χ0) is 11.0. The molecule has 0 unspecified atom stereocenters. The molecule has 88 valence electrons. The lowest BCUT2D eigenvalue weighted by Crippen LogP contribution is -2.10. The molecule has 1 rings (SSSR count). The van der Waals surface area contributed by atoms with Gasteiger partial charge in [0.25, 0.3) is 0 Å². The zero-order valence-corrected chi connectivity index (χ0v) is 10.7. The van der Waals surface area contributed by atoms with Crippen LogP contribution >= 0.6 is 0 Å². The Morgan fingerprint density at radius 3 is 2.00 bits per heavy atom. The monoisotopic (exact) mass is 208 g/mol. The van der Waals surface area contributed by atoms with E-state index in [1.54, 1.807) is 0 Å². The number of allylic oxidation sites excluding steroid dienone is 2. The summed E-state index contributed by atoms with van der Waals surface area (Å²) in [6, 6.07) is 0. The molecule has 0 heterocycles. The number of hydrogen-bond donors (Lipinski definition) is 0. The molecule has 0 saturated carbocycles.